The zero-order valence-electron chi connectivity index (χ0n) is 8.32. The van der Waals surface area contributed by atoms with Crippen LogP contribution in [0.2, 0.25) is 0 Å². The number of benzene rings is 1. The van der Waals surface area contributed by atoms with Crippen LogP contribution in [-0.2, 0) is 10.8 Å². The van der Waals surface area contributed by atoms with Crippen molar-refractivity contribution in [3.8, 4) is 0 Å². The van der Waals surface area contributed by atoms with E-state index in [0.717, 1.165) is 18.4 Å². The Labute approximate surface area is 121 Å². The standard InChI is InChI=1S/C11H10Cl5/c1-2-5-8-6-3-4-7-9(8)10(12,13)11(14,15)16/h3-4,6-7H,1-2,5H2. The Kier molecular flexibility index (Phi) is 5.10. The lowest BCUT2D eigenvalue weighted by molar-refractivity contribution is 0.843. The molecule has 16 heavy (non-hydrogen) atoms. The lowest BCUT2D eigenvalue weighted by Gasteiger charge is -2.29. The third kappa shape index (κ3) is 3.11. The average molecular weight is 319 g/mol. The largest absolute Gasteiger partial charge is 0.227 e. The van der Waals surface area contributed by atoms with Crippen molar-refractivity contribution in [3.05, 3.63) is 42.3 Å². The quantitative estimate of drug-likeness (QED) is 0.650. The van der Waals surface area contributed by atoms with E-state index in [-0.39, 0.29) is 0 Å². The highest BCUT2D eigenvalue weighted by atomic mass is 35.6. The summed E-state index contributed by atoms with van der Waals surface area (Å²) in [4.78, 5) is 0. The molecule has 0 aliphatic heterocycles. The van der Waals surface area contributed by atoms with Gasteiger partial charge in [0.1, 0.15) is 0 Å². The smallest absolute Gasteiger partial charge is 0.0915 e. The number of alkyl halides is 5. The van der Waals surface area contributed by atoms with Crippen LogP contribution >= 0.6 is 58.0 Å². The highest BCUT2D eigenvalue weighted by Crippen LogP contribution is 2.53. The number of hydrogen-bond donors (Lipinski definition) is 0. The molecule has 1 aromatic rings. The van der Waals surface area contributed by atoms with Gasteiger partial charge in [-0.2, -0.15) is 0 Å². The maximum absolute atomic E-state index is 6.13. The SMILES string of the molecule is [CH2]CCc1ccccc1C(Cl)(Cl)C(Cl)(Cl)Cl. The van der Waals surface area contributed by atoms with E-state index in [2.05, 4.69) is 6.92 Å². The summed E-state index contributed by atoms with van der Waals surface area (Å²) in [5, 5.41) is 0. The number of rotatable bonds is 3. The van der Waals surface area contributed by atoms with Gasteiger partial charge in [0.15, 0.2) is 4.33 Å². The normalized spacial score (nSPS) is 12.9. The molecule has 1 radical (unpaired) electrons. The first-order chi connectivity index (χ1) is 7.30. The van der Waals surface area contributed by atoms with E-state index in [4.69, 9.17) is 58.0 Å². The van der Waals surface area contributed by atoms with E-state index in [9.17, 15) is 0 Å². The van der Waals surface area contributed by atoms with Crippen molar-refractivity contribution in [1.82, 2.24) is 0 Å². The molecule has 0 atom stereocenters. The van der Waals surface area contributed by atoms with Gasteiger partial charge in [-0.3, -0.25) is 0 Å². The van der Waals surface area contributed by atoms with Gasteiger partial charge in [0, 0.05) is 0 Å². The van der Waals surface area contributed by atoms with Gasteiger partial charge in [0.25, 0.3) is 0 Å². The van der Waals surface area contributed by atoms with E-state index in [0.29, 0.717) is 5.56 Å². The summed E-state index contributed by atoms with van der Waals surface area (Å²) >= 11 is 29.6. The van der Waals surface area contributed by atoms with Crippen molar-refractivity contribution in [1.29, 1.82) is 0 Å². The Balaban J connectivity index is 3.21. The van der Waals surface area contributed by atoms with Gasteiger partial charge in [-0.1, -0.05) is 89.2 Å². The van der Waals surface area contributed by atoms with E-state index < -0.39 is 8.13 Å². The zero-order chi connectivity index (χ0) is 12.4. The molecule has 89 valence electrons. The summed E-state index contributed by atoms with van der Waals surface area (Å²) in [5.41, 5.74) is 1.55. The van der Waals surface area contributed by atoms with E-state index in [1.807, 2.05) is 12.1 Å². The second kappa shape index (κ2) is 5.54. The Hall–Kier alpha value is 0.670. The third-order valence-electron chi connectivity index (χ3n) is 2.16. The molecule has 0 fully saturated rings. The Morgan fingerprint density at radius 3 is 2.06 bits per heavy atom. The molecule has 0 N–H and O–H groups in total. The van der Waals surface area contributed by atoms with Gasteiger partial charge in [0.2, 0.25) is 3.79 Å². The van der Waals surface area contributed by atoms with Crippen LogP contribution in [-0.4, -0.2) is 3.79 Å². The number of halogens is 5. The molecule has 5 heteroatoms. The molecule has 0 spiro atoms. The second-order valence-corrected chi connectivity index (χ2v) is 6.94. The highest BCUT2D eigenvalue weighted by Gasteiger charge is 2.48. The molecule has 1 rings (SSSR count). The minimum atomic E-state index is -1.78. The Morgan fingerprint density at radius 1 is 1.00 bits per heavy atom. The fourth-order valence-electron chi connectivity index (χ4n) is 1.39. The summed E-state index contributed by atoms with van der Waals surface area (Å²) in [7, 11) is 0. The predicted octanol–water partition coefficient (Wildman–Crippen LogP) is 5.45. The molecule has 0 aliphatic carbocycles. The van der Waals surface area contributed by atoms with Gasteiger partial charge in [-0.25, -0.2) is 0 Å². The maximum Gasteiger partial charge on any atom is 0.227 e. The first-order valence-corrected chi connectivity index (χ1v) is 6.52. The zero-order valence-corrected chi connectivity index (χ0v) is 12.1. The van der Waals surface area contributed by atoms with Gasteiger partial charge < -0.3 is 0 Å². The number of hydrogen-bond acceptors (Lipinski definition) is 0. The number of aryl methyl sites for hydroxylation is 1. The van der Waals surface area contributed by atoms with Gasteiger partial charge in [-0.15, -0.1) is 0 Å². The van der Waals surface area contributed by atoms with E-state index >= 15 is 0 Å². The molecule has 0 unspecified atom stereocenters. The maximum atomic E-state index is 6.13. The minimum Gasteiger partial charge on any atom is -0.0915 e. The fourth-order valence-corrected chi connectivity index (χ4v) is 2.06. The first kappa shape index (κ1) is 14.7. The molecular formula is C11H10Cl5. The van der Waals surface area contributed by atoms with Crippen LogP contribution in [0.4, 0.5) is 0 Å². The molecule has 0 saturated carbocycles. The van der Waals surface area contributed by atoms with Gasteiger partial charge in [-0.05, 0) is 24.0 Å². The van der Waals surface area contributed by atoms with Gasteiger partial charge >= 0.3 is 0 Å². The molecule has 0 nitrogen and oxygen atoms in total. The summed E-state index contributed by atoms with van der Waals surface area (Å²) < 4.78 is -3.35. The molecule has 1 aromatic carbocycles. The van der Waals surface area contributed by atoms with E-state index in [1.54, 1.807) is 12.1 Å². The summed E-state index contributed by atoms with van der Waals surface area (Å²) in [6, 6.07) is 7.35. The van der Waals surface area contributed by atoms with Crippen molar-refractivity contribution in [2.45, 2.75) is 21.0 Å². The summed E-state index contributed by atoms with van der Waals surface area (Å²) in [5.74, 6) is 0. The molecule has 0 heterocycles. The van der Waals surface area contributed by atoms with Crippen LogP contribution in [0, 0.1) is 6.92 Å². The van der Waals surface area contributed by atoms with Crippen LogP contribution in [0.15, 0.2) is 24.3 Å². The summed E-state index contributed by atoms with van der Waals surface area (Å²) in [6.07, 6.45) is 1.46. The van der Waals surface area contributed by atoms with E-state index in [1.165, 1.54) is 0 Å². The molecular weight excluding hydrogens is 309 g/mol. The molecule has 0 amide bonds. The Bertz CT molecular complexity index is 354. The third-order valence-corrected chi connectivity index (χ3v) is 4.56. The van der Waals surface area contributed by atoms with Crippen molar-refractivity contribution in [3.63, 3.8) is 0 Å². The minimum absolute atomic E-state index is 0.613. The van der Waals surface area contributed by atoms with Crippen LogP contribution in [0.5, 0.6) is 0 Å². The first-order valence-electron chi connectivity index (χ1n) is 4.63. The topological polar surface area (TPSA) is 0 Å². The van der Waals surface area contributed by atoms with Crippen LogP contribution < -0.4 is 0 Å². The van der Waals surface area contributed by atoms with Crippen LogP contribution in [0.1, 0.15) is 17.5 Å². The van der Waals surface area contributed by atoms with Crippen molar-refractivity contribution in [2.24, 2.45) is 0 Å². The average Bonchev–Trinajstić information content (AvgIpc) is 2.17. The highest BCUT2D eigenvalue weighted by molar-refractivity contribution is 6.75. The van der Waals surface area contributed by atoms with Crippen molar-refractivity contribution < 1.29 is 0 Å². The lowest BCUT2D eigenvalue weighted by atomic mass is 10.0. The fraction of sp³-hybridized carbons (Fsp3) is 0.364. The monoisotopic (exact) mass is 317 g/mol. The predicted molar refractivity (Wildman–Crippen MR) is 73.8 cm³/mol. The lowest BCUT2D eigenvalue weighted by Crippen LogP contribution is -2.29. The molecule has 0 saturated heterocycles. The second-order valence-electron chi connectivity index (χ2n) is 3.33. The van der Waals surface area contributed by atoms with Crippen molar-refractivity contribution in [2.75, 3.05) is 0 Å². The van der Waals surface area contributed by atoms with Crippen LogP contribution in [0.3, 0.4) is 0 Å². The van der Waals surface area contributed by atoms with Gasteiger partial charge in [0.05, 0.1) is 0 Å². The van der Waals surface area contributed by atoms with Crippen molar-refractivity contribution >= 4 is 58.0 Å². The molecule has 0 aliphatic rings. The Morgan fingerprint density at radius 2 is 1.56 bits per heavy atom. The van der Waals surface area contributed by atoms with Crippen LogP contribution in [0.25, 0.3) is 0 Å². The summed E-state index contributed by atoms with van der Waals surface area (Å²) in [6.45, 7) is 3.78. The molecule has 0 aromatic heterocycles. The molecule has 0 bridgehead atoms.